The van der Waals surface area contributed by atoms with Crippen LogP contribution in [0.15, 0.2) is 0 Å². The van der Waals surface area contributed by atoms with Crippen molar-refractivity contribution in [3.63, 3.8) is 0 Å². The Morgan fingerprint density at radius 3 is 2.68 bits per heavy atom. The Morgan fingerprint density at radius 1 is 1.26 bits per heavy atom. The molecule has 3 unspecified atom stereocenters. The maximum Gasteiger partial charge on any atom is 0.185 e. The van der Waals surface area contributed by atoms with Gasteiger partial charge in [-0.05, 0) is 38.5 Å². The van der Waals surface area contributed by atoms with Gasteiger partial charge in [0.25, 0.3) is 0 Å². The Kier molecular flexibility index (Phi) is 3.81. The highest BCUT2D eigenvalue weighted by molar-refractivity contribution is 7.15. The zero-order chi connectivity index (χ0) is 13.4. The number of piperidine rings is 1. The number of aryl methyl sites for hydroxylation is 1. The fourth-order valence-corrected chi connectivity index (χ4v) is 4.73. The number of nitrogens with zero attached hydrogens (tertiary/aromatic N) is 2. The fourth-order valence-electron chi connectivity index (χ4n) is 3.69. The molecule has 1 saturated heterocycles. The van der Waals surface area contributed by atoms with Crippen LogP contribution in [0.5, 0.6) is 0 Å². The van der Waals surface area contributed by atoms with Gasteiger partial charge in [-0.25, -0.2) is 4.98 Å². The highest BCUT2D eigenvalue weighted by Gasteiger charge is 2.32. The van der Waals surface area contributed by atoms with Gasteiger partial charge in [0.15, 0.2) is 5.13 Å². The van der Waals surface area contributed by atoms with Crippen LogP contribution < -0.4 is 4.90 Å². The van der Waals surface area contributed by atoms with Gasteiger partial charge in [-0.2, -0.15) is 0 Å². The van der Waals surface area contributed by atoms with E-state index in [-0.39, 0.29) is 0 Å². The van der Waals surface area contributed by atoms with Gasteiger partial charge in [-0.3, -0.25) is 0 Å². The Hall–Kier alpha value is -0.610. The van der Waals surface area contributed by atoms with Gasteiger partial charge >= 0.3 is 0 Å². The largest absolute Gasteiger partial charge is 0.388 e. The van der Waals surface area contributed by atoms with E-state index in [1.165, 1.54) is 38.6 Å². The molecular formula is C15H24N2OS. The highest BCUT2D eigenvalue weighted by atomic mass is 32.1. The molecule has 2 heterocycles. The lowest BCUT2D eigenvalue weighted by Crippen LogP contribution is -2.41. The average Bonchev–Trinajstić information content (AvgIpc) is 2.80. The van der Waals surface area contributed by atoms with Gasteiger partial charge in [0.2, 0.25) is 0 Å². The minimum atomic E-state index is -0.390. The lowest BCUT2D eigenvalue weighted by molar-refractivity contribution is 0.202. The summed E-state index contributed by atoms with van der Waals surface area (Å²) in [4.78, 5) is 8.16. The second-order valence-electron chi connectivity index (χ2n) is 6.16. The summed E-state index contributed by atoms with van der Waals surface area (Å²) in [5.41, 5.74) is 1.00. The first kappa shape index (κ1) is 13.4. The molecule has 106 valence electrons. The number of rotatable bonds is 2. The van der Waals surface area contributed by atoms with Crippen LogP contribution in [0.4, 0.5) is 5.13 Å². The van der Waals surface area contributed by atoms with Crippen molar-refractivity contribution < 1.29 is 5.11 Å². The molecule has 1 N–H and O–H groups in total. The Labute approximate surface area is 119 Å². The Balaban J connectivity index is 1.74. The molecule has 0 bridgehead atoms. The van der Waals surface area contributed by atoms with Crippen molar-refractivity contribution in [1.82, 2.24) is 4.98 Å². The van der Waals surface area contributed by atoms with Crippen LogP contribution in [0.2, 0.25) is 0 Å². The van der Waals surface area contributed by atoms with Gasteiger partial charge in [0.05, 0.1) is 16.7 Å². The van der Waals surface area contributed by atoms with Crippen LogP contribution in [0.1, 0.15) is 55.7 Å². The minimum absolute atomic E-state index is 0.390. The average molecular weight is 280 g/mol. The van der Waals surface area contributed by atoms with Crippen molar-refractivity contribution in [2.24, 2.45) is 11.8 Å². The third kappa shape index (κ3) is 2.65. The fraction of sp³-hybridized carbons (Fsp3) is 0.800. The smallest absolute Gasteiger partial charge is 0.185 e. The second kappa shape index (κ2) is 5.41. The van der Waals surface area contributed by atoms with E-state index in [1.54, 1.807) is 11.3 Å². The molecule has 1 aromatic rings. The zero-order valence-electron chi connectivity index (χ0n) is 11.9. The van der Waals surface area contributed by atoms with Crippen molar-refractivity contribution in [3.05, 3.63) is 10.6 Å². The summed E-state index contributed by atoms with van der Waals surface area (Å²) in [5, 5.41) is 10.9. The number of aromatic nitrogens is 1. The van der Waals surface area contributed by atoms with Crippen molar-refractivity contribution >= 4 is 16.5 Å². The standard InChI is InChI=1S/C15H24N2OS/c1-10-14(11(2)18)19-15(16-10)17-8-7-12-5-3-4-6-13(12)9-17/h11-13,18H,3-9H2,1-2H3. The lowest BCUT2D eigenvalue weighted by Gasteiger charge is -2.41. The van der Waals surface area contributed by atoms with Crippen LogP contribution in [0.25, 0.3) is 0 Å². The first-order chi connectivity index (χ1) is 9.15. The second-order valence-corrected chi connectivity index (χ2v) is 7.17. The van der Waals surface area contributed by atoms with Gasteiger partial charge in [-0.15, -0.1) is 0 Å². The zero-order valence-corrected chi connectivity index (χ0v) is 12.7. The summed E-state index contributed by atoms with van der Waals surface area (Å²) in [6.07, 6.45) is 6.61. The normalized spacial score (nSPS) is 29.1. The SMILES string of the molecule is Cc1nc(N2CCC3CCCCC3C2)sc1C(C)O. The monoisotopic (exact) mass is 280 g/mol. The van der Waals surface area contributed by atoms with E-state index in [1.807, 2.05) is 13.8 Å². The van der Waals surface area contributed by atoms with Gasteiger partial charge in [0, 0.05) is 13.1 Å². The molecule has 19 heavy (non-hydrogen) atoms. The molecule has 1 aromatic heterocycles. The van der Waals surface area contributed by atoms with Crippen LogP contribution in [0, 0.1) is 18.8 Å². The molecule has 0 spiro atoms. The number of aliphatic hydroxyl groups is 1. The predicted octanol–water partition coefficient (Wildman–Crippen LogP) is 3.52. The van der Waals surface area contributed by atoms with Crippen LogP contribution in [-0.2, 0) is 0 Å². The maximum absolute atomic E-state index is 9.76. The summed E-state index contributed by atoms with van der Waals surface area (Å²) >= 11 is 1.68. The van der Waals surface area contributed by atoms with Crippen molar-refractivity contribution in [1.29, 1.82) is 0 Å². The van der Waals surface area contributed by atoms with Gasteiger partial charge in [0.1, 0.15) is 0 Å². The molecule has 3 rings (SSSR count). The summed E-state index contributed by atoms with van der Waals surface area (Å²) in [5.74, 6) is 1.84. The maximum atomic E-state index is 9.76. The number of anilines is 1. The van der Waals surface area contributed by atoms with Gasteiger partial charge < -0.3 is 10.0 Å². The molecule has 2 fully saturated rings. The summed E-state index contributed by atoms with van der Waals surface area (Å²) in [6, 6.07) is 0. The van der Waals surface area contributed by atoms with E-state index in [4.69, 9.17) is 0 Å². The molecular weight excluding hydrogens is 256 g/mol. The molecule has 3 nitrogen and oxygen atoms in total. The quantitative estimate of drug-likeness (QED) is 0.900. The van der Waals surface area contributed by atoms with E-state index in [2.05, 4.69) is 9.88 Å². The molecule has 1 aliphatic carbocycles. The third-order valence-corrected chi connectivity index (χ3v) is 6.15. The topological polar surface area (TPSA) is 36.4 Å². The molecule has 3 atom stereocenters. The van der Waals surface area contributed by atoms with E-state index in [0.717, 1.165) is 34.1 Å². The number of aliphatic hydroxyl groups excluding tert-OH is 1. The molecule has 0 aromatic carbocycles. The number of hydrogen-bond acceptors (Lipinski definition) is 4. The first-order valence-electron chi connectivity index (χ1n) is 7.55. The summed E-state index contributed by atoms with van der Waals surface area (Å²) < 4.78 is 0. The molecule has 0 amide bonds. The van der Waals surface area contributed by atoms with Crippen LogP contribution >= 0.6 is 11.3 Å². The van der Waals surface area contributed by atoms with Crippen LogP contribution in [-0.4, -0.2) is 23.2 Å². The molecule has 1 aliphatic heterocycles. The summed E-state index contributed by atoms with van der Waals surface area (Å²) in [6.45, 7) is 6.16. The van der Waals surface area contributed by atoms with E-state index in [0.29, 0.717) is 0 Å². The Morgan fingerprint density at radius 2 is 2.00 bits per heavy atom. The van der Waals surface area contributed by atoms with E-state index < -0.39 is 6.10 Å². The summed E-state index contributed by atoms with van der Waals surface area (Å²) in [7, 11) is 0. The van der Waals surface area contributed by atoms with Crippen molar-refractivity contribution in [3.8, 4) is 0 Å². The third-order valence-electron chi connectivity index (χ3n) is 4.76. The number of hydrogen-bond donors (Lipinski definition) is 1. The first-order valence-corrected chi connectivity index (χ1v) is 8.37. The van der Waals surface area contributed by atoms with Crippen molar-refractivity contribution in [2.45, 2.75) is 52.1 Å². The molecule has 2 aliphatic rings. The highest BCUT2D eigenvalue weighted by Crippen LogP contribution is 2.39. The van der Waals surface area contributed by atoms with Crippen LogP contribution in [0.3, 0.4) is 0 Å². The van der Waals surface area contributed by atoms with E-state index in [9.17, 15) is 5.11 Å². The van der Waals surface area contributed by atoms with E-state index >= 15 is 0 Å². The predicted molar refractivity (Wildman–Crippen MR) is 79.8 cm³/mol. The Bertz CT molecular complexity index is 443. The molecule has 0 radical (unpaired) electrons. The molecule has 1 saturated carbocycles. The van der Waals surface area contributed by atoms with Gasteiger partial charge in [-0.1, -0.05) is 30.6 Å². The minimum Gasteiger partial charge on any atom is -0.388 e. The lowest BCUT2D eigenvalue weighted by atomic mass is 9.75. The number of thiazole rings is 1. The molecule has 4 heteroatoms. The number of fused-ring (bicyclic) bond motifs is 1. The van der Waals surface area contributed by atoms with Crippen molar-refractivity contribution in [2.75, 3.05) is 18.0 Å².